The first-order valence-corrected chi connectivity index (χ1v) is 11.5. The van der Waals surface area contributed by atoms with Gasteiger partial charge < -0.3 is 16.0 Å². The fraction of sp³-hybridized carbons (Fsp3) is 0.333. The highest BCUT2D eigenvalue weighted by molar-refractivity contribution is 6.29. The summed E-state index contributed by atoms with van der Waals surface area (Å²) in [5.74, 6) is 0.202. The van der Waals surface area contributed by atoms with E-state index in [9.17, 15) is 18.0 Å². The number of hydrogen-bond donors (Lipinski definition) is 2. The number of rotatable bonds is 6. The highest BCUT2D eigenvalue weighted by Crippen LogP contribution is 2.35. The van der Waals surface area contributed by atoms with E-state index >= 15 is 0 Å². The molecule has 0 spiro atoms. The molecule has 11 heteroatoms. The molecule has 1 fully saturated rings. The summed E-state index contributed by atoms with van der Waals surface area (Å²) in [6.07, 6.45) is -0.300. The number of hydrogen-bond acceptors (Lipinski definition) is 6. The zero-order chi connectivity index (χ0) is 25.2. The summed E-state index contributed by atoms with van der Waals surface area (Å²) < 4.78 is 39.1. The van der Waals surface area contributed by atoms with Gasteiger partial charge in [-0.1, -0.05) is 30.7 Å². The Bertz CT molecular complexity index is 1210. The number of nitrogens with zero attached hydrogens (tertiary/aromatic N) is 4. The lowest BCUT2D eigenvalue weighted by Gasteiger charge is -2.40. The molecule has 1 aliphatic heterocycles. The van der Waals surface area contributed by atoms with Crippen molar-refractivity contribution in [3.8, 4) is 22.5 Å². The topological polar surface area (TPSA) is 97.0 Å². The van der Waals surface area contributed by atoms with Crippen LogP contribution in [0.4, 0.5) is 19.0 Å². The van der Waals surface area contributed by atoms with Gasteiger partial charge in [0.05, 0.1) is 23.1 Å². The van der Waals surface area contributed by atoms with Crippen LogP contribution in [0, 0.1) is 0 Å². The largest absolute Gasteiger partial charge is 0.416 e. The number of alkyl halides is 3. The van der Waals surface area contributed by atoms with Crippen LogP contribution < -0.4 is 16.0 Å². The average Bonchev–Trinajstić information content (AvgIpc) is 2.84. The van der Waals surface area contributed by atoms with Crippen LogP contribution in [0.2, 0.25) is 5.15 Å². The van der Waals surface area contributed by atoms with Gasteiger partial charge in [-0.3, -0.25) is 9.78 Å². The van der Waals surface area contributed by atoms with Crippen LogP contribution in [0.15, 0.2) is 48.8 Å². The minimum atomic E-state index is -4.43. The van der Waals surface area contributed by atoms with Crippen LogP contribution >= 0.6 is 11.6 Å². The standard InChI is InChI=1S/C24H24ClF3N6O/c1-2-32-23(22(29)35)8-11-34(12-9-23)19-14-31-20(15-3-5-17(6-4-15)24(26,27)28)21(33-19)16-7-10-30-18(25)13-16/h3-7,10,13-14,32H,2,8-9,11-12H2,1H3,(H2,29,35). The van der Waals surface area contributed by atoms with E-state index in [2.05, 4.69) is 15.3 Å². The maximum atomic E-state index is 13.0. The molecule has 3 N–H and O–H groups in total. The molecule has 1 aliphatic rings. The number of likely N-dealkylation sites (N-methyl/N-ethyl adjacent to an activating group) is 1. The Morgan fingerprint density at radius 3 is 2.37 bits per heavy atom. The van der Waals surface area contributed by atoms with Crippen molar-refractivity contribution in [1.82, 2.24) is 20.3 Å². The van der Waals surface area contributed by atoms with Crippen LogP contribution in [0.1, 0.15) is 25.3 Å². The molecule has 7 nitrogen and oxygen atoms in total. The van der Waals surface area contributed by atoms with Gasteiger partial charge in [0, 0.05) is 30.4 Å². The molecule has 35 heavy (non-hydrogen) atoms. The Hall–Kier alpha value is -3.24. The number of pyridine rings is 1. The lowest BCUT2D eigenvalue weighted by Crippen LogP contribution is -2.61. The number of amides is 1. The van der Waals surface area contributed by atoms with Crippen molar-refractivity contribution in [1.29, 1.82) is 0 Å². The van der Waals surface area contributed by atoms with Gasteiger partial charge in [0.25, 0.3) is 0 Å². The zero-order valence-electron chi connectivity index (χ0n) is 18.9. The molecule has 0 radical (unpaired) electrons. The third-order valence-electron chi connectivity index (χ3n) is 6.17. The molecule has 2 aromatic heterocycles. The summed E-state index contributed by atoms with van der Waals surface area (Å²) in [5, 5.41) is 3.47. The maximum absolute atomic E-state index is 13.0. The molecule has 0 aliphatic carbocycles. The summed E-state index contributed by atoms with van der Waals surface area (Å²) >= 11 is 6.10. The molecule has 0 bridgehead atoms. The predicted molar refractivity (Wildman–Crippen MR) is 128 cm³/mol. The van der Waals surface area contributed by atoms with E-state index in [0.717, 1.165) is 12.1 Å². The molecule has 1 amide bonds. The third kappa shape index (κ3) is 5.23. The molecule has 3 heterocycles. The Balaban J connectivity index is 1.71. The number of anilines is 1. The van der Waals surface area contributed by atoms with Gasteiger partial charge >= 0.3 is 6.18 Å². The second-order valence-electron chi connectivity index (χ2n) is 8.33. The second kappa shape index (κ2) is 9.79. The zero-order valence-corrected chi connectivity index (χ0v) is 19.7. The van der Waals surface area contributed by atoms with Crippen molar-refractivity contribution in [2.45, 2.75) is 31.5 Å². The summed E-state index contributed by atoms with van der Waals surface area (Å²) in [4.78, 5) is 27.5. The second-order valence-corrected chi connectivity index (χ2v) is 8.72. The smallest absolute Gasteiger partial charge is 0.368 e. The van der Waals surface area contributed by atoms with Gasteiger partial charge in [-0.05, 0) is 43.7 Å². The minimum absolute atomic E-state index is 0.253. The van der Waals surface area contributed by atoms with Crippen molar-refractivity contribution in [2.75, 3.05) is 24.5 Å². The van der Waals surface area contributed by atoms with Crippen LogP contribution in [0.3, 0.4) is 0 Å². The SMILES string of the molecule is CCNC1(C(N)=O)CCN(c2cnc(-c3ccc(C(F)(F)F)cc3)c(-c3ccnc(Cl)c3)n2)CC1. The van der Waals surface area contributed by atoms with E-state index in [1.807, 2.05) is 11.8 Å². The number of carbonyl (C=O) groups excluding carboxylic acids is 1. The highest BCUT2D eigenvalue weighted by atomic mass is 35.5. The van der Waals surface area contributed by atoms with E-state index in [1.54, 1.807) is 18.3 Å². The fourth-order valence-corrected chi connectivity index (χ4v) is 4.45. The van der Waals surface area contributed by atoms with Gasteiger partial charge in [-0.2, -0.15) is 13.2 Å². The first-order valence-electron chi connectivity index (χ1n) is 11.1. The number of aromatic nitrogens is 3. The van der Waals surface area contributed by atoms with Crippen molar-refractivity contribution >= 4 is 23.3 Å². The molecule has 0 atom stereocenters. The summed E-state index contributed by atoms with van der Waals surface area (Å²) in [5.41, 5.74) is 6.16. The molecule has 184 valence electrons. The maximum Gasteiger partial charge on any atom is 0.416 e. The lowest BCUT2D eigenvalue weighted by atomic mass is 9.86. The Morgan fingerprint density at radius 2 is 1.80 bits per heavy atom. The summed E-state index contributed by atoms with van der Waals surface area (Å²) in [6.45, 7) is 3.60. The lowest BCUT2D eigenvalue weighted by molar-refractivity contribution is -0.137. The first kappa shape index (κ1) is 24.9. The average molecular weight is 505 g/mol. The molecule has 4 rings (SSSR count). The van der Waals surface area contributed by atoms with Gasteiger partial charge in [0.2, 0.25) is 5.91 Å². The van der Waals surface area contributed by atoms with E-state index in [4.69, 9.17) is 22.3 Å². The molecular formula is C24H24ClF3N6O. The molecule has 0 saturated carbocycles. The van der Waals surface area contributed by atoms with E-state index < -0.39 is 17.3 Å². The van der Waals surface area contributed by atoms with Crippen molar-refractivity contribution in [3.63, 3.8) is 0 Å². The van der Waals surface area contributed by atoms with Gasteiger partial charge in [0.1, 0.15) is 16.5 Å². The normalized spacial score (nSPS) is 15.7. The first-order chi connectivity index (χ1) is 16.6. The van der Waals surface area contributed by atoms with E-state index in [1.165, 1.54) is 18.3 Å². The number of benzene rings is 1. The van der Waals surface area contributed by atoms with Crippen LogP contribution in [0.25, 0.3) is 22.5 Å². The number of primary amides is 1. The van der Waals surface area contributed by atoms with Gasteiger partial charge in [0.15, 0.2) is 0 Å². The van der Waals surface area contributed by atoms with Crippen molar-refractivity contribution in [3.05, 3.63) is 59.5 Å². The molecule has 1 aromatic carbocycles. The number of piperidine rings is 1. The van der Waals surface area contributed by atoms with Crippen LogP contribution in [0.5, 0.6) is 0 Å². The summed E-state index contributed by atoms with van der Waals surface area (Å²) in [7, 11) is 0. The van der Waals surface area contributed by atoms with Gasteiger partial charge in [-0.25, -0.2) is 9.97 Å². The Morgan fingerprint density at radius 1 is 1.11 bits per heavy atom. The van der Waals surface area contributed by atoms with Crippen LogP contribution in [-0.2, 0) is 11.0 Å². The van der Waals surface area contributed by atoms with Gasteiger partial charge in [-0.15, -0.1) is 0 Å². The van der Waals surface area contributed by atoms with E-state index in [0.29, 0.717) is 60.8 Å². The molecule has 0 unspecified atom stereocenters. The Labute approximate surface area is 205 Å². The van der Waals surface area contributed by atoms with E-state index in [-0.39, 0.29) is 11.1 Å². The highest BCUT2D eigenvalue weighted by Gasteiger charge is 2.39. The Kier molecular flexibility index (Phi) is 6.95. The molecular weight excluding hydrogens is 481 g/mol. The number of nitrogens with two attached hydrogens (primary N) is 1. The summed E-state index contributed by atoms with van der Waals surface area (Å²) in [6, 6.07) is 8.12. The number of halogens is 4. The molecule has 3 aromatic rings. The monoisotopic (exact) mass is 504 g/mol. The molecule has 1 saturated heterocycles. The van der Waals surface area contributed by atoms with Crippen molar-refractivity contribution < 1.29 is 18.0 Å². The fourth-order valence-electron chi connectivity index (χ4n) is 4.28. The predicted octanol–water partition coefficient (Wildman–Crippen LogP) is 4.31. The third-order valence-corrected chi connectivity index (χ3v) is 6.38. The van der Waals surface area contributed by atoms with Crippen molar-refractivity contribution in [2.24, 2.45) is 5.73 Å². The number of nitrogens with one attached hydrogen (secondary N) is 1. The number of carbonyl (C=O) groups is 1. The van der Waals surface area contributed by atoms with Crippen LogP contribution in [-0.4, -0.2) is 46.0 Å². The minimum Gasteiger partial charge on any atom is -0.368 e. The quantitative estimate of drug-likeness (QED) is 0.485.